The Balaban J connectivity index is 2.63. The van der Waals surface area contributed by atoms with E-state index in [2.05, 4.69) is 10.2 Å². The smallest absolute Gasteiger partial charge is 0.337 e. The summed E-state index contributed by atoms with van der Waals surface area (Å²) in [4.78, 5) is 10.9. The number of nitrogens with zero attached hydrogens (tertiary/aromatic N) is 1. The fraction of sp³-hybridized carbons (Fsp3) is 0.0909. The topological polar surface area (TPSA) is 66.0 Å². The number of hydrogen-bond donors (Lipinski definition) is 2. The molecule has 0 bridgehead atoms. The number of nitrogens with one attached hydrogen (secondary N) is 1. The van der Waals surface area contributed by atoms with Crippen molar-refractivity contribution in [2.75, 3.05) is 0 Å². The summed E-state index contributed by atoms with van der Waals surface area (Å²) in [6.07, 6.45) is 1.74. The fourth-order valence-electron chi connectivity index (χ4n) is 1.50. The van der Waals surface area contributed by atoms with E-state index in [0.29, 0.717) is 11.3 Å². The van der Waals surface area contributed by atoms with Crippen molar-refractivity contribution in [3.8, 4) is 11.3 Å². The number of carbonyl (C=O) groups is 1. The lowest BCUT2D eigenvalue weighted by Gasteiger charge is -2.04. The van der Waals surface area contributed by atoms with Crippen LogP contribution in [-0.4, -0.2) is 21.3 Å². The second-order valence-electron chi connectivity index (χ2n) is 3.39. The minimum Gasteiger partial charge on any atom is -0.478 e. The maximum Gasteiger partial charge on any atom is 0.337 e. The van der Waals surface area contributed by atoms with Crippen molar-refractivity contribution in [1.82, 2.24) is 10.2 Å². The summed E-state index contributed by atoms with van der Waals surface area (Å²) in [6, 6.07) is 4.87. The number of aromatic nitrogens is 2. The Bertz CT molecular complexity index is 549. The molecule has 0 unspecified atom stereocenters. The van der Waals surface area contributed by atoms with Crippen molar-refractivity contribution in [3.63, 3.8) is 0 Å². The van der Waals surface area contributed by atoms with Crippen LogP contribution < -0.4 is 0 Å². The van der Waals surface area contributed by atoms with Gasteiger partial charge in [0.1, 0.15) is 0 Å². The molecule has 0 amide bonds. The summed E-state index contributed by atoms with van der Waals surface area (Å²) in [5, 5.41) is 15.9. The van der Waals surface area contributed by atoms with Gasteiger partial charge in [-0.15, -0.1) is 0 Å². The zero-order valence-electron chi connectivity index (χ0n) is 8.49. The molecule has 0 atom stereocenters. The second kappa shape index (κ2) is 3.98. The number of carboxylic acid groups (broad SMARTS) is 1. The van der Waals surface area contributed by atoms with Gasteiger partial charge < -0.3 is 5.11 Å². The molecule has 5 heteroatoms. The van der Waals surface area contributed by atoms with Crippen LogP contribution in [-0.2, 0) is 0 Å². The van der Waals surface area contributed by atoms with E-state index in [4.69, 9.17) is 16.7 Å². The van der Waals surface area contributed by atoms with E-state index >= 15 is 0 Å². The van der Waals surface area contributed by atoms with Crippen LogP contribution in [0, 0.1) is 6.92 Å². The Morgan fingerprint density at radius 1 is 1.50 bits per heavy atom. The summed E-state index contributed by atoms with van der Waals surface area (Å²) >= 11 is 6.03. The minimum atomic E-state index is -1.04. The van der Waals surface area contributed by atoms with Crippen LogP contribution in [0.2, 0.25) is 5.02 Å². The van der Waals surface area contributed by atoms with E-state index in [1.165, 1.54) is 6.07 Å². The highest BCUT2D eigenvalue weighted by molar-refractivity contribution is 6.36. The average Bonchev–Trinajstić information content (AvgIpc) is 2.64. The fourth-order valence-corrected chi connectivity index (χ4v) is 1.80. The Labute approximate surface area is 96.9 Å². The van der Waals surface area contributed by atoms with Gasteiger partial charge in [-0.25, -0.2) is 4.79 Å². The van der Waals surface area contributed by atoms with Gasteiger partial charge in [0.25, 0.3) is 0 Å². The van der Waals surface area contributed by atoms with Crippen LogP contribution in [0.25, 0.3) is 11.3 Å². The van der Waals surface area contributed by atoms with Crippen LogP contribution in [0.4, 0.5) is 0 Å². The summed E-state index contributed by atoms with van der Waals surface area (Å²) in [6.45, 7) is 1.88. The van der Waals surface area contributed by atoms with E-state index in [1.807, 2.05) is 6.92 Å². The summed E-state index contributed by atoms with van der Waals surface area (Å²) in [5.41, 5.74) is 2.31. The molecular formula is C11H9ClN2O2. The van der Waals surface area contributed by atoms with Gasteiger partial charge in [-0.05, 0) is 18.6 Å². The van der Waals surface area contributed by atoms with Crippen molar-refractivity contribution in [3.05, 3.63) is 40.5 Å². The maximum absolute atomic E-state index is 10.9. The molecule has 1 aromatic carbocycles. The predicted molar refractivity (Wildman–Crippen MR) is 60.7 cm³/mol. The second-order valence-corrected chi connectivity index (χ2v) is 3.77. The highest BCUT2D eigenvalue weighted by Gasteiger charge is 2.15. The first-order valence-corrected chi connectivity index (χ1v) is 5.01. The molecule has 0 radical (unpaired) electrons. The van der Waals surface area contributed by atoms with Gasteiger partial charge in [-0.1, -0.05) is 23.7 Å². The number of benzene rings is 1. The lowest BCUT2D eigenvalue weighted by atomic mass is 10.1. The van der Waals surface area contributed by atoms with E-state index in [9.17, 15) is 4.79 Å². The van der Waals surface area contributed by atoms with Crippen LogP contribution >= 0.6 is 11.6 Å². The van der Waals surface area contributed by atoms with Gasteiger partial charge in [-0.3, -0.25) is 5.10 Å². The van der Waals surface area contributed by atoms with Crippen LogP contribution in [0.15, 0.2) is 24.4 Å². The van der Waals surface area contributed by atoms with Crippen LogP contribution in [0.1, 0.15) is 15.9 Å². The molecule has 1 heterocycles. The first kappa shape index (κ1) is 10.7. The van der Waals surface area contributed by atoms with Gasteiger partial charge in [0, 0.05) is 11.8 Å². The van der Waals surface area contributed by atoms with Crippen molar-refractivity contribution >= 4 is 17.6 Å². The highest BCUT2D eigenvalue weighted by atomic mass is 35.5. The van der Waals surface area contributed by atoms with Gasteiger partial charge >= 0.3 is 5.97 Å². The highest BCUT2D eigenvalue weighted by Crippen LogP contribution is 2.31. The number of halogens is 1. The van der Waals surface area contributed by atoms with Gasteiger partial charge in [0.05, 0.1) is 16.3 Å². The van der Waals surface area contributed by atoms with Crippen molar-refractivity contribution in [2.24, 2.45) is 0 Å². The molecule has 82 valence electrons. The number of rotatable bonds is 2. The largest absolute Gasteiger partial charge is 0.478 e. The SMILES string of the molecule is Cc1c[nH]nc1-c1cccc(C(=O)O)c1Cl. The normalized spacial score (nSPS) is 10.4. The molecule has 2 rings (SSSR count). The Kier molecular flexibility index (Phi) is 2.66. The molecule has 4 nitrogen and oxygen atoms in total. The molecule has 0 saturated carbocycles. The molecule has 0 aliphatic rings. The standard InChI is InChI=1S/C11H9ClN2O2/c1-6-5-13-14-10(6)7-3-2-4-8(9(7)12)11(15)16/h2-5H,1H3,(H,13,14)(H,15,16). The molecule has 0 aliphatic carbocycles. The molecule has 0 fully saturated rings. The zero-order valence-corrected chi connectivity index (χ0v) is 9.25. The molecule has 2 aromatic rings. The molecular weight excluding hydrogens is 228 g/mol. The number of hydrogen-bond acceptors (Lipinski definition) is 2. The lowest BCUT2D eigenvalue weighted by Crippen LogP contribution is -1.98. The van der Waals surface area contributed by atoms with E-state index in [1.54, 1.807) is 18.3 Å². The molecule has 0 spiro atoms. The monoisotopic (exact) mass is 236 g/mol. The third-order valence-electron chi connectivity index (χ3n) is 2.32. The third-order valence-corrected chi connectivity index (χ3v) is 2.72. The number of aryl methyl sites for hydroxylation is 1. The molecule has 0 aliphatic heterocycles. The van der Waals surface area contributed by atoms with Gasteiger partial charge in [0.15, 0.2) is 0 Å². The van der Waals surface area contributed by atoms with E-state index < -0.39 is 5.97 Å². The third kappa shape index (κ3) is 1.67. The maximum atomic E-state index is 10.9. The minimum absolute atomic E-state index is 0.0848. The number of aromatic carboxylic acids is 1. The Morgan fingerprint density at radius 2 is 2.25 bits per heavy atom. The van der Waals surface area contributed by atoms with Crippen molar-refractivity contribution < 1.29 is 9.90 Å². The first-order chi connectivity index (χ1) is 7.61. The summed E-state index contributed by atoms with van der Waals surface area (Å²) in [5.74, 6) is -1.04. The average molecular weight is 237 g/mol. The summed E-state index contributed by atoms with van der Waals surface area (Å²) < 4.78 is 0. The lowest BCUT2D eigenvalue weighted by molar-refractivity contribution is 0.0697. The van der Waals surface area contributed by atoms with Gasteiger partial charge in [0.2, 0.25) is 0 Å². The quantitative estimate of drug-likeness (QED) is 0.843. The zero-order chi connectivity index (χ0) is 11.7. The predicted octanol–water partition coefficient (Wildman–Crippen LogP) is 2.74. The number of aromatic amines is 1. The molecule has 2 N–H and O–H groups in total. The summed E-state index contributed by atoms with van der Waals surface area (Å²) in [7, 11) is 0. The van der Waals surface area contributed by atoms with Crippen LogP contribution in [0.3, 0.4) is 0 Å². The van der Waals surface area contributed by atoms with Crippen molar-refractivity contribution in [2.45, 2.75) is 6.92 Å². The van der Waals surface area contributed by atoms with E-state index in [0.717, 1.165) is 5.56 Å². The number of carboxylic acids is 1. The Hall–Kier alpha value is -1.81. The Morgan fingerprint density at radius 3 is 2.81 bits per heavy atom. The molecule has 16 heavy (non-hydrogen) atoms. The van der Waals surface area contributed by atoms with Crippen LogP contribution in [0.5, 0.6) is 0 Å². The first-order valence-electron chi connectivity index (χ1n) is 4.64. The molecule has 0 saturated heterocycles. The number of H-pyrrole nitrogens is 1. The molecule has 1 aromatic heterocycles. The van der Waals surface area contributed by atoms with Crippen molar-refractivity contribution in [1.29, 1.82) is 0 Å². The van der Waals surface area contributed by atoms with Gasteiger partial charge in [-0.2, -0.15) is 5.10 Å². The van der Waals surface area contributed by atoms with E-state index in [-0.39, 0.29) is 10.6 Å².